The van der Waals surface area contributed by atoms with Gasteiger partial charge in [-0.15, -0.1) is 0 Å². The molecule has 0 spiro atoms. The van der Waals surface area contributed by atoms with Crippen LogP contribution in [0.15, 0.2) is 36.5 Å². The van der Waals surface area contributed by atoms with E-state index in [4.69, 9.17) is 0 Å². The van der Waals surface area contributed by atoms with Crippen molar-refractivity contribution < 1.29 is 14.3 Å². The van der Waals surface area contributed by atoms with Crippen molar-refractivity contribution in [2.24, 2.45) is 0 Å². The lowest BCUT2D eigenvalue weighted by Crippen LogP contribution is -2.44. The maximum atomic E-state index is 13.0. The zero-order chi connectivity index (χ0) is 22.2. The average molecular weight is 439 g/mol. The summed E-state index contributed by atoms with van der Waals surface area (Å²) in [6, 6.07) is 9.27. The van der Waals surface area contributed by atoms with Gasteiger partial charge in [0.05, 0.1) is 29.0 Å². The fourth-order valence-electron chi connectivity index (χ4n) is 3.12. The number of aromatic amines is 1. The second kappa shape index (κ2) is 7.88. The molecule has 0 unspecified atom stereocenters. The first-order valence-electron chi connectivity index (χ1n) is 9.55. The Morgan fingerprint density at radius 2 is 1.97 bits per heavy atom. The van der Waals surface area contributed by atoms with E-state index in [9.17, 15) is 9.59 Å². The van der Waals surface area contributed by atoms with E-state index in [1.165, 1.54) is 18.4 Å². The fourth-order valence-corrected chi connectivity index (χ4v) is 4.10. The highest BCUT2D eigenvalue weighted by Crippen LogP contribution is 2.32. The van der Waals surface area contributed by atoms with Crippen molar-refractivity contribution in [1.82, 2.24) is 15.2 Å². The lowest BCUT2D eigenvalue weighted by molar-refractivity contribution is -0.119. The van der Waals surface area contributed by atoms with E-state index in [1.54, 1.807) is 26.1 Å². The Kier molecular flexibility index (Phi) is 5.24. The molecule has 4 aromatic rings. The molecular formula is C21H22N6O3S. The van der Waals surface area contributed by atoms with Gasteiger partial charge in [-0.2, -0.15) is 5.10 Å². The zero-order valence-electron chi connectivity index (χ0n) is 17.5. The number of anilines is 3. The van der Waals surface area contributed by atoms with Crippen molar-refractivity contribution in [3.05, 3.63) is 42.1 Å². The van der Waals surface area contributed by atoms with Gasteiger partial charge in [-0.25, -0.2) is 9.78 Å². The van der Waals surface area contributed by atoms with Crippen molar-refractivity contribution in [1.29, 1.82) is 0 Å². The molecule has 0 saturated heterocycles. The summed E-state index contributed by atoms with van der Waals surface area (Å²) >= 11 is 1.40. The molecule has 0 atom stereocenters. The molecule has 0 aliphatic heterocycles. The minimum absolute atomic E-state index is 0.238. The molecule has 2 amide bonds. The number of aryl methyl sites for hydroxylation is 1. The molecule has 0 aliphatic carbocycles. The van der Waals surface area contributed by atoms with Crippen LogP contribution in [0, 0.1) is 6.92 Å². The van der Waals surface area contributed by atoms with Crippen LogP contribution >= 0.6 is 11.3 Å². The van der Waals surface area contributed by atoms with Gasteiger partial charge in [0, 0.05) is 16.8 Å². The van der Waals surface area contributed by atoms with Gasteiger partial charge >= 0.3 is 6.09 Å². The summed E-state index contributed by atoms with van der Waals surface area (Å²) in [5.41, 5.74) is 2.94. The van der Waals surface area contributed by atoms with Crippen molar-refractivity contribution in [2.45, 2.75) is 26.3 Å². The van der Waals surface area contributed by atoms with Gasteiger partial charge in [-0.3, -0.25) is 20.5 Å². The van der Waals surface area contributed by atoms with Crippen LogP contribution in [0.4, 0.5) is 21.3 Å². The number of H-pyrrole nitrogens is 1. The Morgan fingerprint density at radius 1 is 1.16 bits per heavy atom. The molecule has 0 bridgehead atoms. The zero-order valence-corrected chi connectivity index (χ0v) is 18.3. The largest absolute Gasteiger partial charge is 0.453 e. The highest BCUT2D eigenvalue weighted by Gasteiger charge is 2.28. The highest BCUT2D eigenvalue weighted by molar-refractivity contribution is 7.23. The van der Waals surface area contributed by atoms with Crippen molar-refractivity contribution >= 4 is 61.0 Å². The number of ether oxygens (including phenoxy) is 1. The molecule has 0 fully saturated rings. The van der Waals surface area contributed by atoms with Gasteiger partial charge < -0.3 is 10.1 Å². The summed E-state index contributed by atoms with van der Waals surface area (Å²) in [4.78, 5) is 29.1. The molecule has 2 aromatic carbocycles. The van der Waals surface area contributed by atoms with E-state index in [2.05, 4.69) is 35.9 Å². The molecule has 4 N–H and O–H groups in total. The number of amides is 2. The standard InChI is InChI=1S/C21H22N6O3S/c1-11-5-6-12(9-16(11)24-20(29)30-4)26-21(2,3)18(28)25-19-23-15-8-7-14-13(10-22-27-14)17(15)31-19/h5-10,26H,1-4H3,(H,22,27)(H,24,29)(H,23,25,28). The van der Waals surface area contributed by atoms with E-state index in [0.29, 0.717) is 16.5 Å². The Hall–Kier alpha value is -3.66. The molecule has 0 radical (unpaired) electrons. The quantitative estimate of drug-likeness (QED) is 0.364. The van der Waals surface area contributed by atoms with Crippen LogP contribution in [0.3, 0.4) is 0 Å². The number of nitrogens with one attached hydrogen (secondary N) is 4. The van der Waals surface area contributed by atoms with Gasteiger partial charge in [0.2, 0.25) is 0 Å². The highest BCUT2D eigenvalue weighted by atomic mass is 32.1. The molecule has 10 heteroatoms. The maximum absolute atomic E-state index is 13.0. The number of benzene rings is 2. The van der Waals surface area contributed by atoms with Gasteiger partial charge in [0.1, 0.15) is 5.54 Å². The van der Waals surface area contributed by atoms with Crippen LogP contribution in [0.25, 0.3) is 21.1 Å². The minimum atomic E-state index is -0.944. The van der Waals surface area contributed by atoms with Gasteiger partial charge in [0.25, 0.3) is 5.91 Å². The number of nitrogens with zero attached hydrogens (tertiary/aromatic N) is 2. The first kappa shape index (κ1) is 20.6. The third-order valence-corrected chi connectivity index (χ3v) is 5.90. The molecule has 2 aromatic heterocycles. The van der Waals surface area contributed by atoms with E-state index in [-0.39, 0.29) is 5.91 Å². The summed E-state index contributed by atoms with van der Waals surface area (Å²) in [6.07, 6.45) is 1.20. The summed E-state index contributed by atoms with van der Waals surface area (Å²) in [6.45, 7) is 5.42. The van der Waals surface area contributed by atoms with Crippen LogP contribution in [-0.4, -0.2) is 39.8 Å². The fraction of sp³-hybridized carbons (Fsp3) is 0.238. The lowest BCUT2D eigenvalue weighted by Gasteiger charge is -2.26. The summed E-state index contributed by atoms with van der Waals surface area (Å²) < 4.78 is 5.62. The van der Waals surface area contributed by atoms with Crippen LogP contribution in [0.5, 0.6) is 0 Å². The number of carbonyl (C=O) groups excluding carboxylic acids is 2. The van der Waals surface area contributed by atoms with Gasteiger partial charge in [-0.1, -0.05) is 17.4 Å². The lowest BCUT2D eigenvalue weighted by atomic mass is 10.0. The SMILES string of the molecule is COC(=O)Nc1cc(NC(C)(C)C(=O)Nc2nc3ccc4[nH]ncc4c3s2)ccc1C. The van der Waals surface area contributed by atoms with E-state index in [1.807, 2.05) is 31.2 Å². The van der Waals surface area contributed by atoms with Crippen molar-refractivity contribution in [3.63, 3.8) is 0 Å². The molecule has 0 saturated carbocycles. The average Bonchev–Trinajstić information content (AvgIpc) is 3.36. The third-order valence-electron chi connectivity index (χ3n) is 4.88. The predicted molar refractivity (Wildman–Crippen MR) is 123 cm³/mol. The van der Waals surface area contributed by atoms with E-state index < -0.39 is 11.6 Å². The maximum Gasteiger partial charge on any atom is 0.411 e. The minimum Gasteiger partial charge on any atom is -0.453 e. The number of carbonyl (C=O) groups is 2. The normalized spacial score (nSPS) is 11.5. The molecule has 9 nitrogen and oxygen atoms in total. The summed E-state index contributed by atoms with van der Waals surface area (Å²) in [5.74, 6) is -0.238. The Labute approximate surface area is 182 Å². The number of hydrogen-bond donors (Lipinski definition) is 4. The number of fused-ring (bicyclic) bond motifs is 3. The summed E-state index contributed by atoms with van der Waals surface area (Å²) in [7, 11) is 1.31. The predicted octanol–water partition coefficient (Wildman–Crippen LogP) is 4.49. The number of aromatic nitrogens is 3. The third kappa shape index (κ3) is 4.15. The number of hydrogen-bond acceptors (Lipinski definition) is 7. The van der Waals surface area contributed by atoms with Crippen molar-refractivity contribution in [2.75, 3.05) is 23.1 Å². The smallest absolute Gasteiger partial charge is 0.411 e. The Balaban J connectivity index is 1.52. The van der Waals surface area contributed by atoms with Gasteiger partial charge in [0.15, 0.2) is 5.13 Å². The Bertz CT molecular complexity index is 1290. The molecular weight excluding hydrogens is 416 g/mol. The second-order valence-corrected chi connectivity index (χ2v) is 8.61. The first-order valence-corrected chi connectivity index (χ1v) is 10.4. The van der Waals surface area contributed by atoms with Crippen LogP contribution in [0.1, 0.15) is 19.4 Å². The second-order valence-electron chi connectivity index (χ2n) is 7.61. The molecule has 0 aliphatic rings. The summed E-state index contributed by atoms with van der Waals surface area (Å²) in [5, 5.41) is 17.3. The number of rotatable bonds is 5. The number of methoxy groups -OCH3 is 1. The van der Waals surface area contributed by atoms with E-state index in [0.717, 1.165) is 26.7 Å². The monoisotopic (exact) mass is 438 g/mol. The molecule has 2 heterocycles. The van der Waals surface area contributed by atoms with Crippen LogP contribution in [0.2, 0.25) is 0 Å². The molecule has 4 rings (SSSR count). The first-order chi connectivity index (χ1) is 14.8. The van der Waals surface area contributed by atoms with Crippen molar-refractivity contribution in [3.8, 4) is 0 Å². The molecule has 160 valence electrons. The van der Waals surface area contributed by atoms with E-state index >= 15 is 0 Å². The Morgan fingerprint density at radius 3 is 2.74 bits per heavy atom. The molecule has 31 heavy (non-hydrogen) atoms. The number of thiazole rings is 1. The topological polar surface area (TPSA) is 121 Å². The van der Waals surface area contributed by atoms with Gasteiger partial charge in [-0.05, 0) is 50.6 Å². The van der Waals surface area contributed by atoms with Crippen LogP contribution in [-0.2, 0) is 9.53 Å². The van der Waals surface area contributed by atoms with Crippen LogP contribution < -0.4 is 16.0 Å².